The molecule has 0 amide bonds. The minimum absolute atomic E-state index is 0.198. The van der Waals surface area contributed by atoms with Gasteiger partial charge in [-0.2, -0.15) is 0 Å². The molecule has 9 nitrogen and oxygen atoms in total. The SMILES string of the molecule is COc1ccccc1C(c1c(O)nc(C)[nH]c1=O)c1c(O)nc(C)[nH]c1=O. The van der Waals surface area contributed by atoms with Gasteiger partial charge in [-0.3, -0.25) is 9.59 Å². The Morgan fingerprint density at radius 3 is 1.85 bits per heavy atom. The average Bonchev–Trinajstić information content (AvgIpc) is 2.58. The van der Waals surface area contributed by atoms with E-state index in [1.54, 1.807) is 24.3 Å². The van der Waals surface area contributed by atoms with Crippen LogP contribution in [0.4, 0.5) is 0 Å². The summed E-state index contributed by atoms with van der Waals surface area (Å²) in [4.78, 5) is 38.0. The topological polar surface area (TPSA) is 141 Å². The number of hydrogen-bond donors (Lipinski definition) is 4. The summed E-state index contributed by atoms with van der Waals surface area (Å²) in [5.74, 6) is -1.48. The molecule has 140 valence electrons. The van der Waals surface area contributed by atoms with E-state index >= 15 is 0 Å². The van der Waals surface area contributed by atoms with E-state index in [2.05, 4.69) is 19.9 Å². The number of hydrogen-bond acceptors (Lipinski definition) is 7. The van der Waals surface area contributed by atoms with Gasteiger partial charge in [-0.15, -0.1) is 0 Å². The van der Waals surface area contributed by atoms with Gasteiger partial charge in [0.2, 0.25) is 11.8 Å². The van der Waals surface area contributed by atoms with Crippen molar-refractivity contribution in [1.29, 1.82) is 0 Å². The Bertz CT molecular complexity index is 1050. The van der Waals surface area contributed by atoms with Crippen molar-refractivity contribution < 1.29 is 14.9 Å². The predicted octanol–water partition coefficient (Wildman–Crippen LogP) is 1.07. The minimum atomic E-state index is -1.16. The molecule has 0 saturated heterocycles. The molecule has 0 fully saturated rings. The largest absolute Gasteiger partial charge is 0.496 e. The van der Waals surface area contributed by atoms with E-state index in [0.717, 1.165) is 0 Å². The first-order chi connectivity index (χ1) is 12.8. The van der Waals surface area contributed by atoms with Gasteiger partial charge in [0.1, 0.15) is 17.4 Å². The lowest BCUT2D eigenvalue weighted by atomic mass is 9.86. The second-order valence-electron chi connectivity index (χ2n) is 5.95. The van der Waals surface area contributed by atoms with Crippen LogP contribution < -0.4 is 15.9 Å². The molecule has 2 aromatic heterocycles. The molecule has 0 aliphatic rings. The average molecular weight is 370 g/mol. The number of aromatic hydroxyl groups is 2. The van der Waals surface area contributed by atoms with E-state index in [-0.39, 0.29) is 22.8 Å². The van der Waals surface area contributed by atoms with Crippen LogP contribution in [0.3, 0.4) is 0 Å². The lowest BCUT2D eigenvalue weighted by Crippen LogP contribution is -2.26. The molecule has 0 spiro atoms. The second-order valence-corrected chi connectivity index (χ2v) is 5.95. The molecule has 0 saturated carbocycles. The lowest BCUT2D eigenvalue weighted by Gasteiger charge is -2.20. The maximum Gasteiger partial charge on any atom is 0.258 e. The number of nitrogens with zero attached hydrogens (tertiary/aromatic N) is 2. The number of aryl methyl sites for hydroxylation is 2. The van der Waals surface area contributed by atoms with Crippen molar-refractivity contribution in [3.63, 3.8) is 0 Å². The summed E-state index contributed by atoms with van der Waals surface area (Å²) < 4.78 is 5.35. The van der Waals surface area contributed by atoms with Gasteiger partial charge in [-0.25, -0.2) is 9.97 Å². The molecule has 0 atom stereocenters. The Hall–Kier alpha value is -3.62. The number of aromatic nitrogens is 4. The van der Waals surface area contributed by atoms with Crippen molar-refractivity contribution in [3.05, 3.63) is 73.3 Å². The van der Waals surface area contributed by atoms with Gasteiger partial charge in [-0.1, -0.05) is 18.2 Å². The van der Waals surface area contributed by atoms with Gasteiger partial charge in [0.25, 0.3) is 11.1 Å². The molecule has 0 aliphatic carbocycles. The Morgan fingerprint density at radius 2 is 1.41 bits per heavy atom. The van der Waals surface area contributed by atoms with Gasteiger partial charge < -0.3 is 24.9 Å². The van der Waals surface area contributed by atoms with E-state index in [1.807, 2.05) is 0 Å². The second kappa shape index (κ2) is 6.94. The highest BCUT2D eigenvalue weighted by molar-refractivity contribution is 5.52. The smallest absolute Gasteiger partial charge is 0.258 e. The minimum Gasteiger partial charge on any atom is -0.496 e. The third-order valence-corrected chi connectivity index (χ3v) is 4.13. The normalized spacial score (nSPS) is 11.0. The Labute approximate surface area is 153 Å². The molecule has 0 unspecified atom stereocenters. The summed E-state index contributed by atoms with van der Waals surface area (Å²) >= 11 is 0. The Morgan fingerprint density at radius 1 is 0.926 bits per heavy atom. The van der Waals surface area contributed by atoms with Gasteiger partial charge >= 0.3 is 0 Å². The first-order valence-corrected chi connectivity index (χ1v) is 8.06. The fourth-order valence-corrected chi connectivity index (χ4v) is 3.04. The summed E-state index contributed by atoms with van der Waals surface area (Å²) in [6.07, 6.45) is 0. The van der Waals surface area contributed by atoms with E-state index in [9.17, 15) is 19.8 Å². The fourth-order valence-electron chi connectivity index (χ4n) is 3.04. The third-order valence-electron chi connectivity index (χ3n) is 4.13. The number of H-pyrrole nitrogens is 2. The van der Waals surface area contributed by atoms with Crippen LogP contribution in [0.5, 0.6) is 17.5 Å². The summed E-state index contributed by atoms with van der Waals surface area (Å²) in [5, 5.41) is 20.8. The Balaban J connectivity index is 2.43. The van der Waals surface area contributed by atoms with E-state index in [1.165, 1.54) is 21.0 Å². The number of nitrogens with one attached hydrogen (secondary N) is 2. The number of benzene rings is 1. The number of aromatic amines is 2. The van der Waals surface area contributed by atoms with Crippen molar-refractivity contribution in [2.45, 2.75) is 19.8 Å². The third kappa shape index (κ3) is 3.26. The van der Waals surface area contributed by atoms with Crippen LogP contribution >= 0.6 is 0 Å². The molecule has 3 aromatic rings. The van der Waals surface area contributed by atoms with E-state index < -0.39 is 28.8 Å². The van der Waals surface area contributed by atoms with E-state index in [0.29, 0.717) is 11.3 Å². The molecule has 27 heavy (non-hydrogen) atoms. The van der Waals surface area contributed by atoms with Crippen LogP contribution in [-0.4, -0.2) is 37.3 Å². The van der Waals surface area contributed by atoms with Crippen LogP contribution in [0.15, 0.2) is 33.9 Å². The molecule has 9 heteroatoms. The van der Waals surface area contributed by atoms with Crippen molar-refractivity contribution in [2.24, 2.45) is 0 Å². The van der Waals surface area contributed by atoms with Crippen molar-refractivity contribution in [2.75, 3.05) is 7.11 Å². The molecule has 0 bridgehead atoms. The number of rotatable bonds is 4. The zero-order chi connectivity index (χ0) is 19.7. The van der Waals surface area contributed by atoms with Crippen LogP contribution in [0, 0.1) is 13.8 Å². The zero-order valence-corrected chi connectivity index (χ0v) is 14.9. The summed E-state index contributed by atoms with van der Waals surface area (Å²) in [5.41, 5.74) is -1.29. The standard InChI is InChI=1S/C18H18N4O5/c1-8-19-15(23)13(16(24)20-8)12(10-6-4-5-7-11(10)27-3)14-17(25)21-9(2)22-18(14)26/h4-7,12H,1-3H3,(H2,19,20,23,24)(H2,21,22,25,26). The lowest BCUT2D eigenvalue weighted by molar-refractivity contribution is 0.404. The molecular weight excluding hydrogens is 352 g/mol. The highest BCUT2D eigenvalue weighted by atomic mass is 16.5. The highest BCUT2D eigenvalue weighted by Gasteiger charge is 2.32. The van der Waals surface area contributed by atoms with Gasteiger partial charge in [0, 0.05) is 5.56 Å². The van der Waals surface area contributed by atoms with Crippen LogP contribution in [0.25, 0.3) is 0 Å². The number of ether oxygens (including phenoxy) is 1. The highest BCUT2D eigenvalue weighted by Crippen LogP contribution is 2.39. The maximum atomic E-state index is 12.6. The zero-order valence-electron chi connectivity index (χ0n) is 14.9. The van der Waals surface area contributed by atoms with Gasteiger partial charge in [-0.05, 0) is 19.9 Å². The molecule has 2 heterocycles. The quantitative estimate of drug-likeness (QED) is 0.538. The fraction of sp³-hybridized carbons (Fsp3) is 0.222. The molecular formula is C18H18N4O5. The first-order valence-electron chi connectivity index (χ1n) is 8.06. The Kier molecular flexibility index (Phi) is 4.68. The summed E-state index contributed by atoms with van der Waals surface area (Å²) in [6, 6.07) is 6.67. The number of methoxy groups -OCH3 is 1. The van der Waals surface area contributed by atoms with Gasteiger partial charge in [0.15, 0.2) is 0 Å². The molecule has 3 rings (SSSR count). The summed E-state index contributed by atoms with van der Waals surface area (Å²) in [7, 11) is 1.44. The molecule has 1 aromatic carbocycles. The molecule has 0 aliphatic heterocycles. The predicted molar refractivity (Wildman–Crippen MR) is 96.5 cm³/mol. The van der Waals surface area contributed by atoms with Gasteiger partial charge in [0.05, 0.1) is 24.2 Å². The first kappa shape index (κ1) is 18.2. The summed E-state index contributed by atoms with van der Waals surface area (Å²) in [6.45, 7) is 3.03. The van der Waals surface area contributed by atoms with Crippen LogP contribution in [0.2, 0.25) is 0 Å². The monoisotopic (exact) mass is 370 g/mol. The van der Waals surface area contributed by atoms with E-state index in [4.69, 9.17) is 4.74 Å². The van der Waals surface area contributed by atoms with Crippen LogP contribution in [-0.2, 0) is 0 Å². The van der Waals surface area contributed by atoms with Crippen molar-refractivity contribution in [3.8, 4) is 17.5 Å². The van der Waals surface area contributed by atoms with Crippen LogP contribution in [0.1, 0.15) is 34.3 Å². The van der Waals surface area contributed by atoms with Crippen molar-refractivity contribution in [1.82, 2.24) is 19.9 Å². The maximum absolute atomic E-state index is 12.6. The molecule has 4 N–H and O–H groups in total. The number of para-hydroxylation sites is 1. The van der Waals surface area contributed by atoms with Crippen molar-refractivity contribution >= 4 is 0 Å². The molecule has 0 radical (unpaired) electrons.